The molecule has 3 heteroatoms. The number of methoxy groups -OCH3 is 2. The number of ether oxygens (including phenoxy) is 2. The quantitative estimate of drug-likeness (QED) is 0.658. The van der Waals surface area contributed by atoms with Gasteiger partial charge >= 0.3 is 0 Å². The summed E-state index contributed by atoms with van der Waals surface area (Å²) in [4.78, 5) is 10.4. The SMILES string of the molecule is COc1cccc(OC)c1CC=O. The number of carbonyl (C=O) groups is 1. The number of hydrogen-bond donors (Lipinski definition) is 0. The summed E-state index contributed by atoms with van der Waals surface area (Å²) in [6, 6.07) is 5.44. The van der Waals surface area contributed by atoms with E-state index in [1.807, 2.05) is 6.07 Å². The summed E-state index contributed by atoms with van der Waals surface area (Å²) in [5.74, 6) is 1.37. The van der Waals surface area contributed by atoms with E-state index in [1.165, 1.54) is 0 Å². The second-order valence-electron chi connectivity index (χ2n) is 2.51. The van der Waals surface area contributed by atoms with Crippen LogP contribution in [0.3, 0.4) is 0 Å². The van der Waals surface area contributed by atoms with Crippen molar-refractivity contribution in [1.29, 1.82) is 0 Å². The zero-order chi connectivity index (χ0) is 9.68. The van der Waals surface area contributed by atoms with Crippen molar-refractivity contribution in [3.8, 4) is 11.5 Å². The Morgan fingerprint density at radius 3 is 2.15 bits per heavy atom. The van der Waals surface area contributed by atoms with E-state index in [4.69, 9.17) is 9.47 Å². The zero-order valence-electron chi connectivity index (χ0n) is 7.74. The van der Waals surface area contributed by atoms with Crippen molar-refractivity contribution in [1.82, 2.24) is 0 Å². The van der Waals surface area contributed by atoms with Crippen molar-refractivity contribution in [2.24, 2.45) is 0 Å². The number of benzene rings is 1. The lowest BCUT2D eigenvalue weighted by Crippen LogP contribution is -1.97. The maximum Gasteiger partial charge on any atom is 0.126 e. The molecule has 0 bridgehead atoms. The van der Waals surface area contributed by atoms with Crippen molar-refractivity contribution in [2.45, 2.75) is 6.42 Å². The van der Waals surface area contributed by atoms with E-state index in [2.05, 4.69) is 0 Å². The summed E-state index contributed by atoms with van der Waals surface area (Å²) in [6.45, 7) is 0. The first-order valence-corrected chi connectivity index (χ1v) is 3.97. The second-order valence-corrected chi connectivity index (χ2v) is 2.51. The predicted molar refractivity (Wildman–Crippen MR) is 49.3 cm³/mol. The van der Waals surface area contributed by atoms with Gasteiger partial charge in [0.25, 0.3) is 0 Å². The van der Waals surface area contributed by atoms with Crippen molar-refractivity contribution in [3.63, 3.8) is 0 Å². The van der Waals surface area contributed by atoms with E-state index in [1.54, 1.807) is 26.4 Å². The smallest absolute Gasteiger partial charge is 0.126 e. The predicted octanol–water partition coefficient (Wildman–Crippen LogP) is 1.45. The summed E-state index contributed by atoms with van der Waals surface area (Å²) in [7, 11) is 3.14. The molecule has 0 radical (unpaired) electrons. The molecule has 0 heterocycles. The van der Waals surface area contributed by atoms with Gasteiger partial charge in [-0.05, 0) is 12.1 Å². The highest BCUT2D eigenvalue weighted by Crippen LogP contribution is 2.27. The molecular formula is C10H12O3. The van der Waals surface area contributed by atoms with Crippen LogP contribution < -0.4 is 9.47 Å². The monoisotopic (exact) mass is 180 g/mol. The van der Waals surface area contributed by atoms with Gasteiger partial charge in [-0.15, -0.1) is 0 Å². The number of carbonyl (C=O) groups excluding carboxylic acids is 1. The maximum absolute atomic E-state index is 10.4. The molecule has 0 unspecified atom stereocenters. The van der Waals surface area contributed by atoms with Gasteiger partial charge in [0.15, 0.2) is 0 Å². The molecule has 0 spiro atoms. The Morgan fingerprint density at radius 1 is 1.23 bits per heavy atom. The third kappa shape index (κ3) is 1.99. The van der Waals surface area contributed by atoms with Crippen LogP contribution in [0.4, 0.5) is 0 Å². The highest BCUT2D eigenvalue weighted by Gasteiger charge is 2.07. The topological polar surface area (TPSA) is 35.5 Å². The molecule has 0 atom stereocenters. The molecule has 0 aromatic heterocycles. The molecular weight excluding hydrogens is 168 g/mol. The lowest BCUT2D eigenvalue weighted by Gasteiger charge is -2.10. The Hall–Kier alpha value is -1.51. The first-order chi connectivity index (χ1) is 6.33. The minimum Gasteiger partial charge on any atom is -0.496 e. The van der Waals surface area contributed by atoms with Gasteiger partial charge in [0.2, 0.25) is 0 Å². The fraction of sp³-hybridized carbons (Fsp3) is 0.300. The standard InChI is InChI=1S/C10H12O3/c1-12-9-4-3-5-10(13-2)8(9)6-7-11/h3-5,7H,6H2,1-2H3. The largest absolute Gasteiger partial charge is 0.496 e. The van der Waals surface area contributed by atoms with Gasteiger partial charge in [0.1, 0.15) is 17.8 Å². The Morgan fingerprint density at radius 2 is 1.77 bits per heavy atom. The number of hydrogen-bond acceptors (Lipinski definition) is 3. The van der Waals surface area contributed by atoms with Crippen LogP contribution >= 0.6 is 0 Å². The fourth-order valence-electron chi connectivity index (χ4n) is 1.21. The molecule has 0 aliphatic rings. The minimum absolute atomic E-state index is 0.313. The molecule has 0 saturated carbocycles. The van der Waals surface area contributed by atoms with Crippen LogP contribution in [0.15, 0.2) is 18.2 Å². The van der Waals surface area contributed by atoms with Crippen molar-refractivity contribution >= 4 is 6.29 Å². The van der Waals surface area contributed by atoms with E-state index >= 15 is 0 Å². The van der Waals surface area contributed by atoms with E-state index in [0.29, 0.717) is 17.9 Å². The minimum atomic E-state index is 0.313. The van der Waals surface area contributed by atoms with Gasteiger partial charge in [-0.3, -0.25) is 0 Å². The highest BCUT2D eigenvalue weighted by molar-refractivity contribution is 5.61. The van der Waals surface area contributed by atoms with E-state index < -0.39 is 0 Å². The highest BCUT2D eigenvalue weighted by atomic mass is 16.5. The van der Waals surface area contributed by atoms with Gasteiger partial charge in [-0.2, -0.15) is 0 Å². The molecule has 3 nitrogen and oxygen atoms in total. The van der Waals surface area contributed by atoms with Crippen LogP contribution in [0.5, 0.6) is 11.5 Å². The van der Waals surface area contributed by atoms with E-state index in [0.717, 1.165) is 11.8 Å². The van der Waals surface area contributed by atoms with Gasteiger partial charge in [0, 0.05) is 12.0 Å². The summed E-state index contributed by atoms with van der Waals surface area (Å²) in [5, 5.41) is 0. The normalized spacial score (nSPS) is 9.38. The van der Waals surface area contributed by atoms with Crippen LogP contribution in [-0.4, -0.2) is 20.5 Å². The summed E-state index contributed by atoms with van der Waals surface area (Å²) < 4.78 is 10.2. The fourth-order valence-corrected chi connectivity index (χ4v) is 1.21. The van der Waals surface area contributed by atoms with Gasteiger partial charge in [-0.25, -0.2) is 0 Å². The van der Waals surface area contributed by atoms with Crippen molar-refractivity contribution in [2.75, 3.05) is 14.2 Å². The summed E-state index contributed by atoms with van der Waals surface area (Å²) in [6.07, 6.45) is 1.15. The summed E-state index contributed by atoms with van der Waals surface area (Å²) in [5.41, 5.74) is 0.794. The molecule has 0 amide bonds. The molecule has 0 fully saturated rings. The molecule has 1 aromatic carbocycles. The Balaban J connectivity index is 3.12. The van der Waals surface area contributed by atoms with Crippen LogP contribution in [0, 0.1) is 0 Å². The molecule has 70 valence electrons. The van der Waals surface area contributed by atoms with E-state index in [9.17, 15) is 4.79 Å². The average molecular weight is 180 g/mol. The van der Waals surface area contributed by atoms with Gasteiger partial charge < -0.3 is 14.3 Å². The molecule has 0 saturated heterocycles. The van der Waals surface area contributed by atoms with Crippen molar-refractivity contribution in [3.05, 3.63) is 23.8 Å². The number of aldehydes is 1. The van der Waals surface area contributed by atoms with Gasteiger partial charge in [-0.1, -0.05) is 6.07 Å². The first-order valence-electron chi connectivity index (χ1n) is 3.97. The second kappa shape index (κ2) is 4.50. The van der Waals surface area contributed by atoms with E-state index in [-0.39, 0.29) is 0 Å². The van der Waals surface area contributed by atoms with Crippen LogP contribution in [0.2, 0.25) is 0 Å². The molecule has 13 heavy (non-hydrogen) atoms. The number of rotatable bonds is 4. The zero-order valence-corrected chi connectivity index (χ0v) is 7.74. The lowest BCUT2D eigenvalue weighted by molar-refractivity contribution is -0.107. The molecule has 0 aliphatic heterocycles. The van der Waals surface area contributed by atoms with Crippen LogP contribution in [0.25, 0.3) is 0 Å². The third-order valence-corrected chi connectivity index (χ3v) is 1.82. The summed E-state index contributed by atoms with van der Waals surface area (Å²) >= 11 is 0. The maximum atomic E-state index is 10.4. The molecule has 1 rings (SSSR count). The first kappa shape index (κ1) is 9.58. The Labute approximate surface area is 77.3 Å². The molecule has 1 aromatic rings. The Kier molecular flexibility index (Phi) is 3.31. The Bertz CT molecular complexity index is 272. The molecule has 0 N–H and O–H groups in total. The third-order valence-electron chi connectivity index (χ3n) is 1.82. The van der Waals surface area contributed by atoms with Gasteiger partial charge in [0.05, 0.1) is 14.2 Å². The average Bonchev–Trinajstić information content (AvgIpc) is 2.18. The van der Waals surface area contributed by atoms with Crippen molar-refractivity contribution < 1.29 is 14.3 Å². The van der Waals surface area contributed by atoms with Crippen LogP contribution in [-0.2, 0) is 11.2 Å². The molecule has 0 aliphatic carbocycles. The van der Waals surface area contributed by atoms with Crippen LogP contribution in [0.1, 0.15) is 5.56 Å². The lowest BCUT2D eigenvalue weighted by atomic mass is 10.1.